The van der Waals surface area contributed by atoms with Crippen LogP contribution >= 0.6 is 11.6 Å². The van der Waals surface area contributed by atoms with Gasteiger partial charge in [0.1, 0.15) is 11.0 Å². The maximum absolute atomic E-state index is 10.8. The molecule has 5 nitrogen and oxygen atoms in total. The number of aromatic nitrogens is 1. The Labute approximate surface area is 115 Å². The fraction of sp³-hybridized carbons (Fsp3) is 0.154. The van der Waals surface area contributed by atoms with Crippen LogP contribution < -0.4 is 4.90 Å². The zero-order valence-electron chi connectivity index (χ0n) is 10.5. The van der Waals surface area contributed by atoms with E-state index in [1.54, 1.807) is 11.9 Å². The first-order valence-corrected chi connectivity index (χ1v) is 5.97. The molecule has 1 aromatic heterocycles. The maximum Gasteiger partial charge on any atom is 0.276 e. The van der Waals surface area contributed by atoms with Gasteiger partial charge in [-0.1, -0.05) is 29.3 Å². The third-order valence-corrected chi connectivity index (χ3v) is 2.93. The van der Waals surface area contributed by atoms with Crippen molar-refractivity contribution in [1.82, 2.24) is 4.98 Å². The van der Waals surface area contributed by atoms with Crippen LogP contribution in [-0.2, 0) is 0 Å². The van der Waals surface area contributed by atoms with Gasteiger partial charge in [-0.2, -0.15) is 0 Å². The Bertz CT molecular complexity index is 614. The van der Waals surface area contributed by atoms with Crippen molar-refractivity contribution in [2.45, 2.75) is 6.92 Å². The largest absolute Gasteiger partial charge is 0.329 e. The van der Waals surface area contributed by atoms with Gasteiger partial charge >= 0.3 is 0 Å². The number of halogens is 1. The lowest BCUT2D eigenvalue weighted by Crippen LogP contribution is -2.11. The molecule has 6 heteroatoms. The van der Waals surface area contributed by atoms with Crippen LogP contribution in [0.2, 0.25) is 5.15 Å². The van der Waals surface area contributed by atoms with E-state index in [4.69, 9.17) is 11.6 Å². The predicted molar refractivity (Wildman–Crippen MR) is 75.1 cm³/mol. The van der Waals surface area contributed by atoms with Crippen LogP contribution in [0.3, 0.4) is 0 Å². The molecule has 0 aliphatic heterocycles. The monoisotopic (exact) mass is 277 g/mol. The predicted octanol–water partition coefficient (Wildman–Crippen LogP) is 3.72. The van der Waals surface area contributed by atoms with E-state index in [1.165, 1.54) is 12.1 Å². The van der Waals surface area contributed by atoms with Gasteiger partial charge in [-0.25, -0.2) is 4.98 Å². The van der Waals surface area contributed by atoms with Gasteiger partial charge in [0.2, 0.25) is 0 Å². The van der Waals surface area contributed by atoms with Crippen LogP contribution in [0.15, 0.2) is 36.4 Å². The lowest BCUT2D eigenvalue weighted by Gasteiger charge is -2.18. The lowest BCUT2D eigenvalue weighted by molar-refractivity contribution is -0.384. The van der Waals surface area contributed by atoms with Gasteiger partial charge in [0.25, 0.3) is 5.69 Å². The number of nitro groups is 1. The van der Waals surface area contributed by atoms with Gasteiger partial charge in [0.05, 0.1) is 17.1 Å². The van der Waals surface area contributed by atoms with Gasteiger partial charge in [-0.05, 0) is 19.1 Å². The van der Waals surface area contributed by atoms with Crippen LogP contribution in [0.5, 0.6) is 0 Å². The minimum absolute atomic E-state index is 0.0750. The van der Waals surface area contributed by atoms with Gasteiger partial charge in [-0.3, -0.25) is 10.1 Å². The summed E-state index contributed by atoms with van der Waals surface area (Å²) in [6.07, 6.45) is 0. The SMILES string of the molecule is Cc1ccc(N(C)c2cc([N+](=O)[O-])cc(Cl)n2)cc1. The van der Waals surface area contributed by atoms with Crippen molar-refractivity contribution in [3.05, 3.63) is 57.2 Å². The van der Waals surface area contributed by atoms with Crippen molar-refractivity contribution >= 4 is 28.8 Å². The quantitative estimate of drug-likeness (QED) is 0.487. The molecule has 98 valence electrons. The van der Waals surface area contributed by atoms with E-state index in [0.717, 1.165) is 11.3 Å². The number of rotatable bonds is 3. The van der Waals surface area contributed by atoms with Crippen molar-refractivity contribution in [3.8, 4) is 0 Å². The summed E-state index contributed by atoms with van der Waals surface area (Å²) in [6, 6.07) is 10.4. The summed E-state index contributed by atoms with van der Waals surface area (Å²) in [4.78, 5) is 16.2. The van der Waals surface area contributed by atoms with Crippen molar-refractivity contribution in [3.63, 3.8) is 0 Å². The smallest absolute Gasteiger partial charge is 0.276 e. The van der Waals surface area contributed by atoms with E-state index in [2.05, 4.69) is 4.98 Å². The Morgan fingerprint density at radius 1 is 1.26 bits per heavy atom. The molecule has 1 heterocycles. The molecule has 0 aliphatic rings. The summed E-state index contributed by atoms with van der Waals surface area (Å²) in [5.74, 6) is 0.433. The van der Waals surface area contributed by atoms with E-state index in [0.29, 0.717) is 5.82 Å². The number of hydrogen-bond acceptors (Lipinski definition) is 4. The Morgan fingerprint density at radius 2 is 1.89 bits per heavy atom. The molecular formula is C13H12ClN3O2. The second-order valence-electron chi connectivity index (χ2n) is 4.16. The molecule has 19 heavy (non-hydrogen) atoms. The number of benzene rings is 1. The number of anilines is 2. The fourth-order valence-corrected chi connectivity index (χ4v) is 1.85. The first-order valence-electron chi connectivity index (χ1n) is 5.60. The molecular weight excluding hydrogens is 266 g/mol. The highest BCUT2D eigenvalue weighted by Crippen LogP contribution is 2.27. The van der Waals surface area contributed by atoms with E-state index >= 15 is 0 Å². The summed E-state index contributed by atoms with van der Waals surface area (Å²) < 4.78 is 0. The summed E-state index contributed by atoms with van der Waals surface area (Å²) in [5.41, 5.74) is 1.95. The molecule has 0 unspecified atom stereocenters. The van der Waals surface area contributed by atoms with Gasteiger partial charge in [0.15, 0.2) is 0 Å². The second-order valence-corrected chi connectivity index (χ2v) is 4.55. The van der Waals surface area contributed by atoms with Crippen LogP contribution in [-0.4, -0.2) is 17.0 Å². The Hall–Kier alpha value is -2.14. The summed E-state index contributed by atoms with van der Waals surface area (Å²) in [6.45, 7) is 1.99. The first kappa shape index (κ1) is 13.3. The van der Waals surface area contributed by atoms with Gasteiger partial charge in [-0.15, -0.1) is 0 Å². The minimum Gasteiger partial charge on any atom is -0.329 e. The average Bonchev–Trinajstić information content (AvgIpc) is 2.38. The highest BCUT2D eigenvalue weighted by atomic mass is 35.5. The highest BCUT2D eigenvalue weighted by molar-refractivity contribution is 6.29. The van der Waals surface area contributed by atoms with Crippen molar-refractivity contribution in [2.24, 2.45) is 0 Å². The van der Waals surface area contributed by atoms with Crippen molar-refractivity contribution in [2.75, 3.05) is 11.9 Å². The third kappa shape index (κ3) is 3.00. The Balaban J connectivity index is 2.40. The molecule has 0 N–H and O–H groups in total. The normalized spacial score (nSPS) is 10.3. The Morgan fingerprint density at radius 3 is 2.47 bits per heavy atom. The number of nitrogens with zero attached hydrogens (tertiary/aromatic N) is 3. The Kier molecular flexibility index (Phi) is 3.66. The summed E-state index contributed by atoms with van der Waals surface area (Å²) in [7, 11) is 1.78. The fourth-order valence-electron chi connectivity index (χ4n) is 1.65. The maximum atomic E-state index is 10.8. The molecule has 2 rings (SSSR count). The van der Waals surface area contributed by atoms with Crippen LogP contribution in [0.25, 0.3) is 0 Å². The average molecular weight is 278 g/mol. The second kappa shape index (κ2) is 5.24. The molecule has 0 amide bonds. The zero-order valence-corrected chi connectivity index (χ0v) is 11.3. The number of hydrogen-bond donors (Lipinski definition) is 0. The molecule has 0 spiro atoms. The topological polar surface area (TPSA) is 59.3 Å². The molecule has 0 radical (unpaired) electrons. The van der Waals surface area contributed by atoms with E-state index in [1.807, 2.05) is 31.2 Å². The van der Waals surface area contributed by atoms with Crippen LogP contribution in [0.4, 0.5) is 17.2 Å². The minimum atomic E-state index is -0.486. The van der Waals surface area contributed by atoms with Gasteiger partial charge in [0, 0.05) is 12.7 Å². The zero-order chi connectivity index (χ0) is 14.0. The third-order valence-electron chi connectivity index (χ3n) is 2.74. The van der Waals surface area contributed by atoms with Crippen molar-refractivity contribution < 1.29 is 4.92 Å². The molecule has 0 saturated carbocycles. The molecule has 0 bridgehead atoms. The van der Waals surface area contributed by atoms with Gasteiger partial charge < -0.3 is 4.90 Å². The molecule has 2 aromatic rings. The van der Waals surface area contributed by atoms with Crippen molar-refractivity contribution in [1.29, 1.82) is 0 Å². The first-order chi connectivity index (χ1) is 8.97. The van der Waals surface area contributed by atoms with Crippen LogP contribution in [0.1, 0.15) is 5.56 Å². The molecule has 0 aliphatic carbocycles. The van der Waals surface area contributed by atoms with E-state index < -0.39 is 4.92 Å². The molecule has 1 aromatic carbocycles. The van der Waals surface area contributed by atoms with E-state index in [9.17, 15) is 10.1 Å². The highest BCUT2D eigenvalue weighted by Gasteiger charge is 2.13. The standard InChI is InChI=1S/C13H12ClN3O2/c1-9-3-5-10(6-4-9)16(2)13-8-11(17(18)19)7-12(14)15-13/h3-8H,1-2H3. The molecule has 0 atom stereocenters. The molecule has 0 saturated heterocycles. The van der Waals surface area contributed by atoms with E-state index in [-0.39, 0.29) is 10.8 Å². The summed E-state index contributed by atoms with van der Waals surface area (Å²) in [5, 5.41) is 10.9. The molecule has 0 fully saturated rings. The summed E-state index contributed by atoms with van der Waals surface area (Å²) >= 11 is 5.81. The number of aryl methyl sites for hydroxylation is 1. The number of pyridine rings is 1. The lowest BCUT2D eigenvalue weighted by atomic mass is 10.2. The van der Waals surface area contributed by atoms with Crippen LogP contribution in [0, 0.1) is 17.0 Å².